The lowest BCUT2D eigenvalue weighted by atomic mass is 10.1. The minimum absolute atomic E-state index is 0.169. The Morgan fingerprint density at radius 2 is 1.52 bits per heavy atom. The molecule has 0 saturated carbocycles. The van der Waals surface area contributed by atoms with E-state index < -0.39 is 14.9 Å². The van der Waals surface area contributed by atoms with Crippen LogP contribution < -0.4 is 0 Å². The first-order valence-corrected chi connectivity index (χ1v) is 11.3. The van der Waals surface area contributed by atoms with Crippen molar-refractivity contribution in [2.75, 3.05) is 0 Å². The van der Waals surface area contributed by atoms with E-state index in [1.165, 1.54) is 39.1 Å². The van der Waals surface area contributed by atoms with Crippen LogP contribution in [0, 0.1) is 24.0 Å². The minimum Gasteiger partial charge on any atom is -0.258 e. The van der Waals surface area contributed by atoms with Crippen LogP contribution in [0.3, 0.4) is 0 Å². The van der Waals surface area contributed by atoms with Crippen LogP contribution in [-0.4, -0.2) is 17.6 Å². The molecular weight excluding hydrogens is 404 g/mol. The molecule has 0 atom stereocenters. The summed E-state index contributed by atoms with van der Waals surface area (Å²) in [6, 6.07) is 10.2. The van der Waals surface area contributed by atoms with Crippen molar-refractivity contribution in [1.82, 2.24) is 4.31 Å². The molecule has 6 nitrogen and oxygen atoms in total. The molecule has 3 aromatic rings. The Morgan fingerprint density at radius 1 is 1.00 bits per heavy atom. The lowest BCUT2D eigenvalue weighted by Gasteiger charge is -2.21. The maximum absolute atomic E-state index is 13.4. The maximum atomic E-state index is 13.4. The second-order valence-corrected chi connectivity index (χ2v) is 10.1. The van der Waals surface area contributed by atoms with E-state index in [1.54, 1.807) is 13.8 Å². The van der Waals surface area contributed by atoms with E-state index in [4.69, 9.17) is 0 Å². The fraction of sp³-hybridized carbons (Fsp3) is 0.222. The van der Waals surface area contributed by atoms with Crippen LogP contribution in [0.25, 0.3) is 0 Å². The molecule has 1 aromatic carbocycles. The lowest BCUT2D eigenvalue weighted by molar-refractivity contribution is -0.387. The second kappa shape index (κ2) is 7.89. The van der Waals surface area contributed by atoms with Gasteiger partial charge in [0.2, 0.25) is 0 Å². The van der Waals surface area contributed by atoms with Gasteiger partial charge in [-0.05, 0) is 53.9 Å². The Kier molecular flexibility index (Phi) is 5.75. The predicted molar refractivity (Wildman–Crippen MR) is 108 cm³/mol. The molecule has 27 heavy (non-hydrogen) atoms. The Morgan fingerprint density at radius 3 is 1.96 bits per heavy atom. The van der Waals surface area contributed by atoms with E-state index in [1.807, 2.05) is 35.0 Å². The largest absolute Gasteiger partial charge is 0.289 e. The number of benzene rings is 1. The van der Waals surface area contributed by atoms with Gasteiger partial charge in [-0.15, -0.1) is 22.7 Å². The highest BCUT2D eigenvalue weighted by Crippen LogP contribution is 2.32. The van der Waals surface area contributed by atoms with Gasteiger partial charge < -0.3 is 0 Å². The van der Waals surface area contributed by atoms with Crippen molar-refractivity contribution < 1.29 is 13.3 Å². The summed E-state index contributed by atoms with van der Waals surface area (Å²) in [4.78, 5) is 12.4. The van der Waals surface area contributed by atoms with Gasteiger partial charge in [0.1, 0.15) is 0 Å². The summed E-state index contributed by atoms with van der Waals surface area (Å²) in [5.41, 5.74) is 0.996. The number of nitrogens with zero attached hydrogens (tertiary/aromatic N) is 2. The Balaban J connectivity index is 2.09. The van der Waals surface area contributed by atoms with Crippen molar-refractivity contribution in [2.45, 2.75) is 31.8 Å². The van der Waals surface area contributed by atoms with Gasteiger partial charge in [0.05, 0.1) is 4.92 Å². The molecule has 9 heteroatoms. The van der Waals surface area contributed by atoms with E-state index in [0.717, 1.165) is 9.75 Å². The zero-order valence-electron chi connectivity index (χ0n) is 14.8. The van der Waals surface area contributed by atoms with Crippen LogP contribution in [0.1, 0.15) is 20.9 Å². The zero-order chi connectivity index (χ0) is 19.6. The molecule has 0 N–H and O–H groups in total. The average molecular weight is 423 g/mol. The quantitative estimate of drug-likeness (QED) is 0.407. The summed E-state index contributed by atoms with van der Waals surface area (Å²) in [7, 11) is -4.06. The Labute approximate surface area is 165 Å². The van der Waals surface area contributed by atoms with Crippen molar-refractivity contribution >= 4 is 38.4 Å². The molecule has 2 heterocycles. The number of hydrogen-bond donors (Lipinski definition) is 0. The molecule has 142 valence electrons. The molecule has 3 rings (SSSR count). The molecule has 0 amide bonds. The molecule has 0 saturated heterocycles. The highest BCUT2D eigenvalue weighted by atomic mass is 32.2. The van der Waals surface area contributed by atoms with Crippen LogP contribution in [0.15, 0.2) is 52.1 Å². The van der Waals surface area contributed by atoms with Gasteiger partial charge in [0.15, 0.2) is 4.90 Å². The third-order valence-electron chi connectivity index (χ3n) is 4.21. The smallest absolute Gasteiger partial charge is 0.258 e. The van der Waals surface area contributed by atoms with Gasteiger partial charge in [-0.25, -0.2) is 8.42 Å². The molecule has 0 unspecified atom stereocenters. The molecule has 0 aliphatic heterocycles. The number of aryl methyl sites for hydroxylation is 2. The number of sulfonamides is 1. The van der Waals surface area contributed by atoms with Crippen molar-refractivity contribution in [3.63, 3.8) is 0 Å². The monoisotopic (exact) mass is 422 g/mol. The fourth-order valence-corrected chi connectivity index (χ4v) is 5.86. The molecule has 0 aliphatic rings. The number of thiophene rings is 2. The summed E-state index contributed by atoms with van der Waals surface area (Å²) >= 11 is 2.91. The normalized spacial score (nSPS) is 11.8. The average Bonchev–Trinajstić information content (AvgIpc) is 3.30. The summed E-state index contributed by atoms with van der Waals surface area (Å²) < 4.78 is 28.1. The number of hydrogen-bond acceptors (Lipinski definition) is 6. The third-order valence-corrected chi connectivity index (χ3v) is 7.76. The summed E-state index contributed by atoms with van der Waals surface area (Å²) in [6.07, 6.45) is 0. The van der Waals surface area contributed by atoms with Crippen molar-refractivity contribution in [1.29, 1.82) is 0 Å². The summed E-state index contributed by atoms with van der Waals surface area (Å²) in [5, 5.41) is 15.3. The number of nitro groups is 1. The summed E-state index contributed by atoms with van der Waals surface area (Å²) in [6.45, 7) is 3.82. The van der Waals surface area contributed by atoms with Gasteiger partial charge in [-0.3, -0.25) is 10.1 Å². The van der Waals surface area contributed by atoms with Gasteiger partial charge in [-0.1, -0.05) is 12.1 Å². The second-order valence-electron chi connectivity index (χ2n) is 6.09. The molecule has 0 fully saturated rings. The SMILES string of the molecule is Cc1cc([N+](=O)[O-])c(S(=O)(=O)N(Cc2cccs2)Cc2cccs2)cc1C. The maximum Gasteiger partial charge on any atom is 0.289 e. The molecule has 2 aromatic heterocycles. The predicted octanol–water partition coefficient (Wildman–Crippen LogP) is 4.73. The topological polar surface area (TPSA) is 80.5 Å². The zero-order valence-corrected chi connectivity index (χ0v) is 17.2. The van der Waals surface area contributed by atoms with E-state index in [0.29, 0.717) is 11.1 Å². The minimum atomic E-state index is -4.06. The van der Waals surface area contributed by atoms with E-state index in [9.17, 15) is 18.5 Å². The third kappa shape index (κ3) is 4.27. The molecule has 0 aliphatic carbocycles. The Bertz CT molecular complexity index is 1010. The van der Waals surface area contributed by atoms with Crippen molar-refractivity contribution in [3.05, 3.63) is 78.2 Å². The molecule has 0 radical (unpaired) electrons. The summed E-state index contributed by atoms with van der Waals surface area (Å²) in [5.74, 6) is 0. The molecule has 0 spiro atoms. The number of rotatable bonds is 7. The van der Waals surface area contributed by atoms with Crippen LogP contribution in [0.2, 0.25) is 0 Å². The Hall–Kier alpha value is -2.07. The van der Waals surface area contributed by atoms with Crippen LogP contribution in [-0.2, 0) is 23.1 Å². The number of nitro benzene ring substituents is 1. The van der Waals surface area contributed by atoms with Crippen LogP contribution >= 0.6 is 22.7 Å². The van der Waals surface area contributed by atoms with Crippen LogP contribution in [0.5, 0.6) is 0 Å². The van der Waals surface area contributed by atoms with E-state index in [2.05, 4.69) is 0 Å². The fourth-order valence-electron chi connectivity index (χ4n) is 2.64. The van der Waals surface area contributed by atoms with Crippen molar-refractivity contribution in [3.8, 4) is 0 Å². The van der Waals surface area contributed by atoms with Gasteiger partial charge in [-0.2, -0.15) is 4.31 Å². The van der Waals surface area contributed by atoms with E-state index in [-0.39, 0.29) is 23.7 Å². The first kappa shape index (κ1) is 19.7. The van der Waals surface area contributed by atoms with Crippen LogP contribution in [0.4, 0.5) is 5.69 Å². The highest BCUT2D eigenvalue weighted by Gasteiger charge is 2.33. The first-order valence-electron chi connectivity index (χ1n) is 8.09. The standard InChI is InChI=1S/C18H18N2O4S3/c1-13-9-17(20(21)22)18(10-14(13)2)27(23,24)19(11-15-5-3-7-25-15)12-16-6-4-8-26-16/h3-10H,11-12H2,1-2H3. The van der Waals surface area contributed by atoms with Crippen molar-refractivity contribution in [2.24, 2.45) is 0 Å². The molecular formula is C18H18N2O4S3. The highest BCUT2D eigenvalue weighted by molar-refractivity contribution is 7.89. The van der Waals surface area contributed by atoms with E-state index >= 15 is 0 Å². The first-order chi connectivity index (χ1) is 12.8. The molecule has 0 bridgehead atoms. The van der Waals surface area contributed by atoms with Gasteiger partial charge in [0, 0.05) is 28.9 Å². The van der Waals surface area contributed by atoms with Gasteiger partial charge in [0.25, 0.3) is 15.7 Å². The van der Waals surface area contributed by atoms with Gasteiger partial charge >= 0.3 is 0 Å². The lowest BCUT2D eigenvalue weighted by Crippen LogP contribution is -2.30.